The van der Waals surface area contributed by atoms with E-state index in [0.717, 1.165) is 45.7 Å². The minimum Gasteiger partial charge on any atom is -0.309 e. The molecule has 49 heavy (non-hydrogen) atoms. The maximum absolute atomic E-state index is 5.55. The zero-order chi connectivity index (χ0) is 32.5. The van der Waals surface area contributed by atoms with Crippen LogP contribution in [0.4, 0.5) is 0 Å². The van der Waals surface area contributed by atoms with Crippen molar-refractivity contribution in [1.29, 1.82) is 0 Å². The average Bonchev–Trinajstić information content (AvgIpc) is 3.64. The third-order valence-corrected chi connectivity index (χ3v) is 10.1. The standard InChI is InChI=1S/C45H32N4/c1-29-14-4-2-7-21-38-43(29)45(49-40-23-13-11-20-35(40)37-26-30-15-8-9-16-31(30)27-42(37)49)47-44(46-38)32-24-25-36-34-19-10-12-22-39(34)48(41(36)28-32)33-17-5-3-6-18-33/h2-13,15-29H,14H2,1H3. The molecule has 3 heterocycles. The van der Waals surface area contributed by atoms with E-state index >= 15 is 0 Å². The lowest BCUT2D eigenvalue weighted by atomic mass is 9.94. The van der Waals surface area contributed by atoms with Crippen molar-refractivity contribution in [2.45, 2.75) is 19.3 Å². The Morgan fingerprint density at radius 1 is 0.551 bits per heavy atom. The zero-order valence-corrected chi connectivity index (χ0v) is 27.1. The lowest BCUT2D eigenvalue weighted by Gasteiger charge is -2.21. The molecule has 10 rings (SSSR count). The number of fused-ring (bicyclic) bond motifs is 8. The predicted molar refractivity (Wildman–Crippen MR) is 205 cm³/mol. The second-order valence-corrected chi connectivity index (χ2v) is 13.1. The van der Waals surface area contributed by atoms with Crippen molar-refractivity contribution >= 4 is 60.5 Å². The van der Waals surface area contributed by atoms with E-state index < -0.39 is 0 Å². The molecule has 1 aliphatic carbocycles. The molecule has 1 atom stereocenters. The highest BCUT2D eigenvalue weighted by Gasteiger charge is 2.24. The first-order valence-corrected chi connectivity index (χ1v) is 17.0. The Morgan fingerprint density at radius 2 is 1.20 bits per heavy atom. The van der Waals surface area contributed by atoms with Crippen LogP contribution in [0.2, 0.25) is 0 Å². The van der Waals surface area contributed by atoms with E-state index in [2.05, 4.69) is 174 Å². The van der Waals surface area contributed by atoms with Gasteiger partial charge in [-0.25, -0.2) is 9.97 Å². The first-order chi connectivity index (χ1) is 24.2. The van der Waals surface area contributed by atoms with Crippen molar-refractivity contribution in [2.75, 3.05) is 0 Å². The predicted octanol–water partition coefficient (Wildman–Crippen LogP) is 11.6. The molecule has 0 fully saturated rings. The van der Waals surface area contributed by atoms with Crippen LogP contribution < -0.4 is 0 Å². The van der Waals surface area contributed by atoms with Crippen LogP contribution in [0.1, 0.15) is 30.5 Å². The molecule has 0 saturated heterocycles. The fraction of sp³-hybridized carbons (Fsp3) is 0.0667. The van der Waals surface area contributed by atoms with Gasteiger partial charge in [0.2, 0.25) is 0 Å². The lowest BCUT2D eigenvalue weighted by molar-refractivity contribution is 0.754. The van der Waals surface area contributed by atoms with Gasteiger partial charge in [-0.15, -0.1) is 0 Å². The molecule has 6 aromatic carbocycles. The summed E-state index contributed by atoms with van der Waals surface area (Å²) in [5.41, 5.74) is 8.87. The van der Waals surface area contributed by atoms with Crippen molar-refractivity contribution < 1.29 is 0 Å². The molecule has 1 unspecified atom stereocenters. The maximum Gasteiger partial charge on any atom is 0.162 e. The van der Waals surface area contributed by atoms with Gasteiger partial charge in [0, 0.05) is 38.4 Å². The van der Waals surface area contributed by atoms with Crippen molar-refractivity contribution in [3.8, 4) is 22.9 Å². The summed E-state index contributed by atoms with van der Waals surface area (Å²) in [6.45, 7) is 2.29. The Hall–Kier alpha value is -6.26. The van der Waals surface area contributed by atoms with Crippen LogP contribution in [0.5, 0.6) is 0 Å². The van der Waals surface area contributed by atoms with Crippen LogP contribution in [-0.4, -0.2) is 19.1 Å². The van der Waals surface area contributed by atoms with Crippen molar-refractivity contribution in [2.24, 2.45) is 0 Å². The highest BCUT2D eigenvalue weighted by Crippen LogP contribution is 2.40. The molecule has 3 aromatic heterocycles. The number of hydrogen-bond donors (Lipinski definition) is 0. The van der Waals surface area contributed by atoms with Gasteiger partial charge in [-0.05, 0) is 71.7 Å². The maximum atomic E-state index is 5.55. The number of aromatic nitrogens is 4. The summed E-state index contributed by atoms with van der Waals surface area (Å²) >= 11 is 0. The van der Waals surface area contributed by atoms with E-state index in [4.69, 9.17) is 9.97 Å². The van der Waals surface area contributed by atoms with Crippen molar-refractivity contribution in [3.63, 3.8) is 0 Å². The molecule has 0 amide bonds. The van der Waals surface area contributed by atoms with E-state index in [1.807, 2.05) is 0 Å². The number of hydrogen-bond acceptors (Lipinski definition) is 2. The summed E-state index contributed by atoms with van der Waals surface area (Å²) in [6, 6.07) is 47.9. The molecule has 1 aliphatic rings. The summed E-state index contributed by atoms with van der Waals surface area (Å²) < 4.78 is 4.74. The molecule has 0 N–H and O–H groups in total. The van der Waals surface area contributed by atoms with Crippen molar-refractivity contribution in [3.05, 3.63) is 163 Å². The van der Waals surface area contributed by atoms with Gasteiger partial charge in [0.25, 0.3) is 0 Å². The van der Waals surface area contributed by atoms with Crippen LogP contribution in [-0.2, 0) is 0 Å². The third kappa shape index (κ3) is 4.31. The fourth-order valence-corrected chi connectivity index (χ4v) is 7.85. The van der Waals surface area contributed by atoms with Gasteiger partial charge in [-0.2, -0.15) is 0 Å². The quantitative estimate of drug-likeness (QED) is 0.195. The molecule has 4 heteroatoms. The molecule has 0 radical (unpaired) electrons. The van der Waals surface area contributed by atoms with Crippen LogP contribution in [0, 0.1) is 0 Å². The lowest BCUT2D eigenvalue weighted by Crippen LogP contribution is -2.11. The van der Waals surface area contributed by atoms with Gasteiger partial charge in [-0.3, -0.25) is 4.57 Å². The second kappa shape index (κ2) is 10.9. The second-order valence-electron chi connectivity index (χ2n) is 13.1. The molecule has 9 aromatic rings. The smallest absolute Gasteiger partial charge is 0.162 e. The molecular weight excluding hydrogens is 597 g/mol. The summed E-state index contributed by atoms with van der Waals surface area (Å²) in [5.74, 6) is 1.88. The minimum absolute atomic E-state index is 0.222. The van der Waals surface area contributed by atoms with Crippen molar-refractivity contribution in [1.82, 2.24) is 19.1 Å². The molecular formula is C45H32N4. The number of rotatable bonds is 3. The zero-order valence-electron chi connectivity index (χ0n) is 27.1. The minimum atomic E-state index is 0.222. The number of nitrogens with zero attached hydrogens (tertiary/aromatic N) is 4. The van der Waals surface area contributed by atoms with Gasteiger partial charge in [-0.1, -0.05) is 116 Å². The van der Waals surface area contributed by atoms with Crippen LogP contribution in [0.15, 0.2) is 152 Å². The highest BCUT2D eigenvalue weighted by atomic mass is 15.1. The Morgan fingerprint density at radius 3 is 2.02 bits per heavy atom. The third-order valence-electron chi connectivity index (χ3n) is 10.1. The first-order valence-electron chi connectivity index (χ1n) is 17.0. The number of para-hydroxylation sites is 3. The SMILES string of the molecule is CC1CC=CC=Cc2nc(-c3ccc4c5ccccc5n(-c5ccccc5)c4c3)nc(-n3c4ccccc4c4cc5ccccc5cc43)c21. The topological polar surface area (TPSA) is 35.6 Å². The molecule has 0 spiro atoms. The molecule has 0 aliphatic heterocycles. The highest BCUT2D eigenvalue weighted by molar-refractivity contribution is 6.14. The van der Waals surface area contributed by atoms with Gasteiger partial charge >= 0.3 is 0 Å². The molecule has 232 valence electrons. The van der Waals surface area contributed by atoms with Gasteiger partial charge in [0.05, 0.1) is 27.8 Å². The van der Waals surface area contributed by atoms with Gasteiger partial charge in [0.15, 0.2) is 5.82 Å². The van der Waals surface area contributed by atoms with E-state index in [-0.39, 0.29) is 5.92 Å². The fourth-order valence-electron chi connectivity index (χ4n) is 7.85. The molecule has 0 bridgehead atoms. The number of benzene rings is 6. The van der Waals surface area contributed by atoms with E-state index in [9.17, 15) is 0 Å². The van der Waals surface area contributed by atoms with Gasteiger partial charge in [0.1, 0.15) is 5.82 Å². The Balaban J connectivity index is 1.29. The Kier molecular flexibility index (Phi) is 6.18. The van der Waals surface area contributed by atoms with Crippen LogP contribution >= 0.6 is 0 Å². The monoisotopic (exact) mass is 628 g/mol. The summed E-state index contributed by atoms with van der Waals surface area (Å²) in [7, 11) is 0. The van der Waals surface area contributed by atoms with E-state index in [1.54, 1.807) is 0 Å². The first kappa shape index (κ1) is 27.8. The summed E-state index contributed by atoms with van der Waals surface area (Å²) in [6.07, 6.45) is 9.56. The number of allylic oxidation sites excluding steroid dienone is 3. The largest absolute Gasteiger partial charge is 0.309 e. The Bertz CT molecular complexity index is 2810. The van der Waals surface area contributed by atoms with Crippen LogP contribution in [0.25, 0.3) is 83.4 Å². The molecule has 4 nitrogen and oxygen atoms in total. The normalized spacial score (nSPS) is 14.6. The van der Waals surface area contributed by atoms with Crippen LogP contribution in [0.3, 0.4) is 0 Å². The Labute approximate surface area is 283 Å². The summed E-state index contributed by atoms with van der Waals surface area (Å²) in [4.78, 5) is 10.9. The summed E-state index contributed by atoms with van der Waals surface area (Å²) in [5, 5.41) is 7.34. The van der Waals surface area contributed by atoms with Gasteiger partial charge < -0.3 is 4.57 Å². The molecule has 0 saturated carbocycles. The van der Waals surface area contributed by atoms with E-state index in [0.29, 0.717) is 5.82 Å². The average molecular weight is 629 g/mol. The van der Waals surface area contributed by atoms with E-state index in [1.165, 1.54) is 43.4 Å².